The van der Waals surface area contributed by atoms with E-state index in [2.05, 4.69) is 30.6 Å². The summed E-state index contributed by atoms with van der Waals surface area (Å²) in [6, 6.07) is 9.76. The Bertz CT molecular complexity index is 1290. The summed E-state index contributed by atoms with van der Waals surface area (Å²) in [5.74, 6) is -0.284. The van der Waals surface area contributed by atoms with Gasteiger partial charge in [0.25, 0.3) is 0 Å². The van der Waals surface area contributed by atoms with E-state index in [9.17, 15) is 9.18 Å². The molecule has 4 rings (SSSR count). The number of carbonyl (C=O) groups is 1. The van der Waals surface area contributed by atoms with Gasteiger partial charge in [0.2, 0.25) is 11.9 Å². The van der Waals surface area contributed by atoms with Crippen molar-refractivity contribution >= 4 is 35.0 Å². The third kappa shape index (κ3) is 5.58. The fourth-order valence-corrected chi connectivity index (χ4v) is 3.27. The van der Waals surface area contributed by atoms with Gasteiger partial charge in [-0.15, -0.1) is 0 Å². The molecule has 1 amide bonds. The van der Waals surface area contributed by atoms with Crippen LogP contribution in [0.15, 0.2) is 67.4 Å². The first-order valence-corrected chi connectivity index (χ1v) is 10.3. The zero-order chi connectivity index (χ0) is 23.2. The first-order valence-electron chi connectivity index (χ1n) is 9.97. The van der Waals surface area contributed by atoms with Crippen molar-refractivity contribution < 1.29 is 9.18 Å². The Morgan fingerprint density at radius 2 is 1.88 bits per heavy atom. The molecule has 0 aliphatic heterocycles. The van der Waals surface area contributed by atoms with Gasteiger partial charge < -0.3 is 16.4 Å². The van der Waals surface area contributed by atoms with E-state index < -0.39 is 11.7 Å². The second-order valence-corrected chi connectivity index (χ2v) is 7.48. The monoisotopic (exact) mass is 463 g/mol. The van der Waals surface area contributed by atoms with E-state index in [1.807, 2.05) is 12.1 Å². The van der Waals surface area contributed by atoms with Crippen molar-refractivity contribution in [1.29, 1.82) is 0 Å². The lowest BCUT2D eigenvalue weighted by Crippen LogP contribution is -2.12. The highest BCUT2D eigenvalue weighted by Gasteiger charge is 2.13. The Morgan fingerprint density at radius 1 is 1.06 bits per heavy atom. The number of anilines is 3. The number of amides is 1. The van der Waals surface area contributed by atoms with Crippen LogP contribution in [0.3, 0.4) is 0 Å². The average Bonchev–Trinajstić information content (AvgIpc) is 2.82. The number of benzene rings is 1. The van der Waals surface area contributed by atoms with Crippen molar-refractivity contribution in [3.8, 4) is 11.1 Å². The number of pyridine rings is 2. The maximum atomic E-state index is 13.5. The predicted octanol–water partition coefficient (Wildman–Crippen LogP) is 4.22. The molecule has 0 radical (unpaired) electrons. The lowest BCUT2D eigenvalue weighted by molar-refractivity contribution is 0.1000. The number of hydrogen-bond acceptors (Lipinski definition) is 7. The third-order valence-electron chi connectivity index (χ3n) is 4.75. The van der Waals surface area contributed by atoms with Gasteiger partial charge in [-0.3, -0.25) is 14.8 Å². The summed E-state index contributed by atoms with van der Waals surface area (Å²) < 4.78 is 13.5. The lowest BCUT2D eigenvalue weighted by Gasteiger charge is -2.14. The molecule has 0 fully saturated rings. The average molecular weight is 464 g/mol. The fourth-order valence-electron chi connectivity index (χ4n) is 3.09. The Balaban J connectivity index is 1.63. The van der Waals surface area contributed by atoms with Gasteiger partial charge >= 0.3 is 0 Å². The molecule has 33 heavy (non-hydrogen) atoms. The Labute approximate surface area is 194 Å². The topological polar surface area (TPSA) is 119 Å². The first-order chi connectivity index (χ1) is 16.0. The highest BCUT2D eigenvalue weighted by atomic mass is 35.5. The molecule has 4 N–H and O–H groups in total. The number of hydrogen-bond donors (Lipinski definition) is 3. The van der Waals surface area contributed by atoms with Crippen LogP contribution in [0.1, 0.15) is 15.9 Å². The maximum absolute atomic E-state index is 13.5. The van der Waals surface area contributed by atoms with Crippen LogP contribution in [0.25, 0.3) is 11.1 Å². The number of nitrogens with zero attached hydrogens (tertiary/aromatic N) is 4. The summed E-state index contributed by atoms with van der Waals surface area (Å²) in [7, 11) is 0. The molecule has 0 aliphatic carbocycles. The van der Waals surface area contributed by atoms with E-state index in [-0.39, 0.29) is 16.5 Å². The zero-order valence-corrected chi connectivity index (χ0v) is 18.1. The number of primary amides is 1. The highest BCUT2D eigenvalue weighted by molar-refractivity contribution is 6.31. The molecule has 8 nitrogen and oxygen atoms in total. The first kappa shape index (κ1) is 22.1. The molecular weight excluding hydrogens is 445 g/mol. The number of rotatable bonds is 8. The molecule has 0 saturated heterocycles. The predicted molar refractivity (Wildman–Crippen MR) is 125 cm³/mol. The summed E-state index contributed by atoms with van der Waals surface area (Å²) in [5.41, 5.74) is 8.60. The standard InChI is InChI=1S/C23H19ClFN7O/c24-19-10-17(1-2-20(19)25)31-23-30-13-18(15-9-16(21(26)33)12-28-11-15)22(32-23)29-8-5-14-3-6-27-7-4-14/h1-4,6-7,9-13H,5,8H2,(H2,26,33)(H2,29,30,31,32). The molecule has 0 unspecified atom stereocenters. The van der Waals surface area contributed by atoms with Crippen LogP contribution < -0.4 is 16.4 Å². The molecule has 10 heteroatoms. The minimum absolute atomic E-state index is 0.0124. The number of nitrogens with one attached hydrogen (secondary N) is 2. The van der Waals surface area contributed by atoms with Crippen molar-refractivity contribution in [1.82, 2.24) is 19.9 Å². The van der Waals surface area contributed by atoms with Gasteiger partial charge in [-0.2, -0.15) is 4.98 Å². The fraction of sp³-hybridized carbons (Fsp3) is 0.0870. The largest absolute Gasteiger partial charge is 0.369 e. The van der Waals surface area contributed by atoms with Crippen LogP contribution in [0, 0.1) is 5.82 Å². The molecule has 0 saturated carbocycles. The van der Waals surface area contributed by atoms with E-state index in [4.69, 9.17) is 17.3 Å². The van der Waals surface area contributed by atoms with E-state index in [0.29, 0.717) is 29.2 Å². The normalized spacial score (nSPS) is 10.6. The van der Waals surface area contributed by atoms with Crippen LogP contribution in [0.2, 0.25) is 5.02 Å². The number of nitrogens with two attached hydrogens (primary N) is 1. The molecule has 166 valence electrons. The van der Waals surface area contributed by atoms with Crippen LogP contribution >= 0.6 is 11.6 Å². The van der Waals surface area contributed by atoms with Gasteiger partial charge in [-0.05, 0) is 48.4 Å². The number of aromatic nitrogens is 4. The van der Waals surface area contributed by atoms with Crippen molar-refractivity contribution in [2.45, 2.75) is 6.42 Å². The van der Waals surface area contributed by atoms with Crippen LogP contribution in [0.5, 0.6) is 0 Å². The van der Waals surface area contributed by atoms with Crippen LogP contribution in [-0.4, -0.2) is 32.4 Å². The van der Waals surface area contributed by atoms with E-state index >= 15 is 0 Å². The Kier molecular flexibility index (Phi) is 6.70. The van der Waals surface area contributed by atoms with E-state index in [1.165, 1.54) is 24.4 Å². The van der Waals surface area contributed by atoms with Gasteiger partial charge in [0.05, 0.1) is 10.6 Å². The van der Waals surface area contributed by atoms with Crippen molar-refractivity contribution in [3.63, 3.8) is 0 Å². The van der Waals surface area contributed by atoms with Gasteiger partial charge in [0.1, 0.15) is 11.6 Å². The van der Waals surface area contributed by atoms with Gasteiger partial charge in [0.15, 0.2) is 0 Å². The Hall–Kier alpha value is -4.11. The summed E-state index contributed by atoms with van der Waals surface area (Å²) in [5, 5.41) is 6.32. The molecule has 0 aliphatic rings. The summed E-state index contributed by atoms with van der Waals surface area (Å²) in [6.07, 6.45) is 8.83. The zero-order valence-electron chi connectivity index (χ0n) is 17.3. The second kappa shape index (κ2) is 10.0. The van der Waals surface area contributed by atoms with Gasteiger partial charge in [0, 0.05) is 54.3 Å². The minimum Gasteiger partial charge on any atom is -0.369 e. The molecule has 4 aromatic rings. The van der Waals surface area contributed by atoms with E-state index in [1.54, 1.807) is 30.9 Å². The van der Waals surface area contributed by atoms with Crippen molar-refractivity contribution in [2.24, 2.45) is 5.73 Å². The minimum atomic E-state index is -0.580. The molecule has 1 aromatic carbocycles. The maximum Gasteiger partial charge on any atom is 0.250 e. The highest BCUT2D eigenvalue weighted by Crippen LogP contribution is 2.28. The third-order valence-corrected chi connectivity index (χ3v) is 5.04. The number of halogens is 2. The molecule has 0 atom stereocenters. The van der Waals surface area contributed by atoms with E-state index in [0.717, 1.165) is 12.0 Å². The summed E-state index contributed by atoms with van der Waals surface area (Å²) >= 11 is 5.87. The summed E-state index contributed by atoms with van der Waals surface area (Å²) in [4.78, 5) is 28.6. The molecular formula is C23H19ClFN7O. The molecule has 3 heterocycles. The number of carbonyl (C=O) groups excluding carboxylic acids is 1. The molecule has 0 spiro atoms. The van der Waals surface area contributed by atoms with Gasteiger partial charge in [-0.1, -0.05) is 11.6 Å². The Morgan fingerprint density at radius 3 is 2.64 bits per heavy atom. The molecule has 0 bridgehead atoms. The van der Waals surface area contributed by atoms with Gasteiger partial charge in [-0.25, -0.2) is 9.37 Å². The second-order valence-electron chi connectivity index (χ2n) is 7.07. The lowest BCUT2D eigenvalue weighted by atomic mass is 10.1. The molecule has 3 aromatic heterocycles. The van der Waals surface area contributed by atoms with Crippen molar-refractivity contribution in [3.05, 3.63) is 89.3 Å². The quantitative estimate of drug-likeness (QED) is 0.358. The van der Waals surface area contributed by atoms with Crippen molar-refractivity contribution in [2.75, 3.05) is 17.2 Å². The smallest absolute Gasteiger partial charge is 0.250 e. The summed E-state index contributed by atoms with van der Waals surface area (Å²) in [6.45, 7) is 0.582. The SMILES string of the molecule is NC(=O)c1cncc(-c2cnc(Nc3ccc(F)c(Cl)c3)nc2NCCc2ccncc2)c1. The van der Waals surface area contributed by atoms with Crippen LogP contribution in [0.4, 0.5) is 21.8 Å². The van der Waals surface area contributed by atoms with Crippen LogP contribution in [-0.2, 0) is 6.42 Å².